The number of rotatable bonds is 7. The SMILES string of the molecule is COc1cccc([C@@H]2C(=C(O)c3ccc(C)cc3)C(=O)C(=O)N2CCN(C)C)c1OC. The molecule has 1 amide bonds. The maximum absolute atomic E-state index is 13.1. The van der Waals surface area contributed by atoms with E-state index in [2.05, 4.69) is 0 Å². The molecule has 7 heteroatoms. The van der Waals surface area contributed by atoms with Gasteiger partial charge < -0.3 is 24.4 Å². The van der Waals surface area contributed by atoms with Gasteiger partial charge in [-0.15, -0.1) is 0 Å². The number of aliphatic hydroxyl groups is 1. The third-order valence-corrected chi connectivity index (χ3v) is 5.38. The lowest BCUT2D eigenvalue weighted by Crippen LogP contribution is -2.35. The first-order valence-corrected chi connectivity index (χ1v) is 10.0. The van der Waals surface area contributed by atoms with Gasteiger partial charge in [0, 0.05) is 24.2 Å². The lowest BCUT2D eigenvalue weighted by molar-refractivity contribution is -0.140. The summed E-state index contributed by atoms with van der Waals surface area (Å²) in [5.74, 6) is -0.673. The molecular formula is C24H28N2O5. The molecule has 0 radical (unpaired) electrons. The van der Waals surface area contributed by atoms with Crippen LogP contribution in [0.2, 0.25) is 0 Å². The molecule has 1 heterocycles. The summed E-state index contributed by atoms with van der Waals surface area (Å²) in [4.78, 5) is 29.5. The maximum Gasteiger partial charge on any atom is 0.295 e. The first-order valence-electron chi connectivity index (χ1n) is 10.0. The Kier molecular flexibility index (Phi) is 6.65. The Hall–Kier alpha value is -3.32. The lowest BCUT2D eigenvalue weighted by Gasteiger charge is -2.28. The van der Waals surface area contributed by atoms with Crippen LogP contribution in [0.5, 0.6) is 11.5 Å². The number of likely N-dealkylation sites (tertiary alicyclic amines) is 1. The molecule has 164 valence electrons. The van der Waals surface area contributed by atoms with Crippen LogP contribution in [0.3, 0.4) is 0 Å². The Bertz CT molecular complexity index is 1010. The first-order chi connectivity index (χ1) is 14.8. The van der Waals surface area contributed by atoms with E-state index in [4.69, 9.17) is 9.47 Å². The van der Waals surface area contributed by atoms with Crippen molar-refractivity contribution in [2.75, 3.05) is 41.4 Å². The largest absolute Gasteiger partial charge is 0.507 e. The van der Waals surface area contributed by atoms with Crippen molar-refractivity contribution < 1.29 is 24.2 Å². The number of hydrogen-bond acceptors (Lipinski definition) is 6. The van der Waals surface area contributed by atoms with Gasteiger partial charge in [-0.3, -0.25) is 9.59 Å². The average molecular weight is 424 g/mol. The number of methoxy groups -OCH3 is 2. The van der Waals surface area contributed by atoms with Crippen molar-refractivity contribution in [1.82, 2.24) is 9.80 Å². The van der Waals surface area contributed by atoms with E-state index in [1.807, 2.05) is 38.1 Å². The third kappa shape index (κ3) is 4.27. The number of amides is 1. The van der Waals surface area contributed by atoms with Gasteiger partial charge in [-0.2, -0.15) is 0 Å². The van der Waals surface area contributed by atoms with Crippen LogP contribution >= 0.6 is 0 Å². The van der Waals surface area contributed by atoms with Crippen LogP contribution in [0, 0.1) is 6.92 Å². The molecule has 1 fully saturated rings. The third-order valence-electron chi connectivity index (χ3n) is 5.38. The second kappa shape index (κ2) is 9.22. The highest BCUT2D eigenvalue weighted by molar-refractivity contribution is 6.46. The standard InChI is InChI=1S/C24H28N2O5/c1-15-9-11-16(12-10-15)21(27)19-20(17-7-6-8-18(30-4)23(17)31-5)26(14-13-25(2)3)24(29)22(19)28/h6-12,20,27H,13-14H2,1-5H3/t20-/m1/s1. The summed E-state index contributed by atoms with van der Waals surface area (Å²) < 4.78 is 11.0. The van der Waals surface area contributed by atoms with Crippen LogP contribution in [0.4, 0.5) is 0 Å². The summed E-state index contributed by atoms with van der Waals surface area (Å²) in [7, 11) is 6.82. The Morgan fingerprint density at radius 1 is 1.06 bits per heavy atom. The molecule has 31 heavy (non-hydrogen) atoms. The number of aryl methyl sites for hydroxylation is 1. The van der Waals surface area contributed by atoms with E-state index in [0.717, 1.165) is 5.56 Å². The Labute approximate surface area is 182 Å². The zero-order valence-electron chi connectivity index (χ0n) is 18.5. The molecule has 7 nitrogen and oxygen atoms in total. The quantitative estimate of drug-likeness (QED) is 0.418. The lowest BCUT2D eigenvalue weighted by atomic mass is 9.94. The number of hydrogen-bond donors (Lipinski definition) is 1. The van der Waals surface area contributed by atoms with Crippen molar-refractivity contribution in [3.05, 3.63) is 64.7 Å². The highest BCUT2D eigenvalue weighted by Crippen LogP contribution is 2.45. The van der Waals surface area contributed by atoms with Crippen LogP contribution in [-0.2, 0) is 9.59 Å². The van der Waals surface area contributed by atoms with E-state index in [0.29, 0.717) is 35.7 Å². The molecule has 1 aliphatic heterocycles. The minimum atomic E-state index is -0.800. The van der Waals surface area contributed by atoms with Crippen molar-refractivity contribution in [2.45, 2.75) is 13.0 Å². The zero-order valence-corrected chi connectivity index (χ0v) is 18.5. The Balaban J connectivity index is 2.23. The van der Waals surface area contributed by atoms with Gasteiger partial charge in [0.05, 0.1) is 25.8 Å². The fourth-order valence-corrected chi connectivity index (χ4v) is 3.74. The summed E-state index contributed by atoms with van der Waals surface area (Å²) in [5.41, 5.74) is 2.12. The molecule has 1 saturated heterocycles. The molecule has 0 saturated carbocycles. The van der Waals surface area contributed by atoms with Crippen molar-refractivity contribution in [3.63, 3.8) is 0 Å². The molecule has 0 bridgehead atoms. The minimum Gasteiger partial charge on any atom is -0.507 e. The molecule has 2 aromatic rings. The van der Waals surface area contributed by atoms with Crippen molar-refractivity contribution >= 4 is 17.4 Å². The van der Waals surface area contributed by atoms with Gasteiger partial charge in [-0.1, -0.05) is 42.0 Å². The van der Waals surface area contributed by atoms with Gasteiger partial charge in [0.1, 0.15) is 5.76 Å². The number of aliphatic hydroxyl groups excluding tert-OH is 1. The van der Waals surface area contributed by atoms with Crippen LogP contribution in [-0.4, -0.2) is 68.0 Å². The number of nitrogens with zero attached hydrogens (tertiary/aromatic N) is 2. The van der Waals surface area contributed by atoms with Gasteiger partial charge in [0.25, 0.3) is 11.7 Å². The van der Waals surface area contributed by atoms with Crippen LogP contribution in [0.15, 0.2) is 48.0 Å². The summed E-state index contributed by atoms with van der Waals surface area (Å²) in [6.45, 7) is 2.80. The molecule has 1 aliphatic rings. The van der Waals surface area contributed by atoms with E-state index in [-0.39, 0.29) is 11.3 Å². The predicted molar refractivity (Wildman–Crippen MR) is 118 cm³/mol. The van der Waals surface area contributed by atoms with Gasteiger partial charge in [0.15, 0.2) is 11.5 Å². The van der Waals surface area contributed by atoms with Gasteiger partial charge in [-0.25, -0.2) is 0 Å². The number of likely N-dealkylation sites (N-methyl/N-ethyl adjacent to an activating group) is 1. The summed E-state index contributed by atoms with van der Waals surface area (Å²) in [6.07, 6.45) is 0. The van der Waals surface area contributed by atoms with E-state index < -0.39 is 17.7 Å². The number of ketones is 1. The molecule has 0 aromatic heterocycles. The highest BCUT2D eigenvalue weighted by Gasteiger charge is 2.47. The number of benzene rings is 2. The van der Waals surface area contributed by atoms with Crippen LogP contribution in [0.1, 0.15) is 22.7 Å². The fourth-order valence-electron chi connectivity index (χ4n) is 3.74. The smallest absolute Gasteiger partial charge is 0.295 e. The van der Waals surface area contributed by atoms with Gasteiger partial charge in [0.2, 0.25) is 0 Å². The number of ether oxygens (including phenoxy) is 2. The molecule has 3 rings (SSSR count). The molecule has 1 N–H and O–H groups in total. The number of para-hydroxylation sites is 1. The normalized spacial score (nSPS) is 18.0. The molecular weight excluding hydrogens is 396 g/mol. The van der Waals surface area contributed by atoms with E-state index in [1.165, 1.54) is 19.1 Å². The first kappa shape index (κ1) is 22.4. The highest BCUT2D eigenvalue weighted by atomic mass is 16.5. The molecule has 0 aliphatic carbocycles. The van der Waals surface area contributed by atoms with Crippen molar-refractivity contribution in [3.8, 4) is 11.5 Å². The van der Waals surface area contributed by atoms with Crippen LogP contribution < -0.4 is 9.47 Å². The minimum absolute atomic E-state index is 0.0409. The van der Waals surface area contributed by atoms with E-state index >= 15 is 0 Å². The average Bonchev–Trinajstić information content (AvgIpc) is 3.01. The topological polar surface area (TPSA) is 79.3 Å². The van der Waals surface area contributed by atoms with E-state index in [1.54, 1.807) is 30.3 Å². The van der Waals surface area contributed by atoms with Crippen LogP contribution in [0.25, 0.3) is 5.76 Å². The summed E-state index contributed by atoms with van der Waals surface area (Å²) in [6, 6.07) is 11.7. The van der Waals surface area contributed by atoms with E-state index in [9.17, 15) is 14.7 Å². The molecule has 0 unspecified atom stereocenters. The maximum atomic E-state index is 13.1. The summed E-state index contributed by atoms with van der Waals surface area (Å²) in [5, 5.41) is 11.1. The zero-order chi connectivity index (χ0) is 22.7. The summed E-state index contributed by atoms with van der Waals surface area (Å²) >= 11 is 0. The Morgan fingerprint density at radius 2 is 1.74 bits per heavy atom. The molecule has 0 spiro atoms. The van der Waals surface area contributed by atoms with Crippen molar-refractivity contribution in [1.29, 1.82) is 0 Å². The number of carbonyl (C=O) groups excluding carboxylic acids is 2. The number of Topliss-reactive ketones (excluding diaryl/α,β-unsaturated/α-hetero) is 1. The van der Waals surface area contributed by atoms with Gasteiger partial charge in [-0.05, 0) is 27.1 Å². The molecule has 2 aromatic carbocycles. The Morgan fingerprint density at radius 3 is 2.32 bits per heavy atom. The molecule has 1 atom stereocenters. The second-order valence-corrected chi connectivity index (χ2v) is 7.74. The van der Waals surface area contributed by atoms with Crippen molar-refractivity contribution in [2.24, 2.45) is 0 Å². The van der Waals surface area contributed by atoms with Gasteiger partial charge >= 0.3 is 0 Å². The predicted octanol–water partition coefficient (Wildman–Crippen LogP) is 3.00. The number of carbonyl (C=O) groups is 2. The monoisotopic (exact) mass is 424 g/mol. The second-order valence-electron chi connectivity index (χ2n) is 7.74. The fraction of sp³-hybridized carbons (Fsp3) is 0.333.